The van der Waals surface area contributed by atoms with Gasteiger partial charge >= 0.3 is 0 Å². The van der Waals surface area contributed by atoms with Gasteiger partial charge in [0, 0.05) is 43.0 Å². The molecular formula is C24H24F2N6O. The van der Waals surface area contributed by atoms with Crippen LogP contribution in [-0.2, 0) is 11.3 Å². The van der Waals surface area contributed by atoms with E-state index in [0.29, 0.717) is 30.4 Å². The zero-order chi connectivity index (χ0) is 22.8. The highest BCUT2D eigenvalue weighted by Crippen LogP contribution is 2.24. The third-order valence-electron chi connectivity index (χ3n) is 5.78. The number of hydrogen-bond acceptors (Lipinski definition) is 6. The van der Waals surface area contributed by atoms with Gasteiger partial charge in [0.2, 0.25) is 0 Å². The van der Waals surface area contributed by atoms with Gasteiger partial charge in [-0.1, -0.05) is 6.58 Å². The molecule has 0 radical (unpaired) electrons. The molecule has 33 heavy (non-hydrogen) atoms. The number of piperazine rings is 1. The van der Waals surface area contributed by atoms with Gasteiger partial charge in [-0.05, 0) is 48.5 Å². The van der Waals surface area contributed by atoms with Crippen LogP contribution in [0, 0.1) is 11.6 Å². The van der Waals surface area contributed by atoms with E-state index in [-0.39, 0.29) is 11.6 Å². The molecule has 2 aromatic carbocycles. The quantitative estimate of drug-likeness (QED) is 0.596. The highest BCUT2D eigenvalue weighted by molar-refractivity contribution is 5.75. The van der Waals surface area contributed by atoms with Crippen molar-refractivity contribution >= 4 is 6.02 Å². The van der Waals surface area contributed by atoms with Gasteiger partial charge in [-0.2, -0.15) is 5.10 Å². The van der Waals surface area contributed by atoms with Crippen molar-refractivity contribution in [2.75, 3.05) is 39.3 Å². The molecule has 1 fully saturated rings. The second kappa shape index (κ2) is 9.01. The number of ether oxygens (including phenoxy) is 1. The molecule has 0 spiro atoms. The molecule has 3 aromatic rings. The van der Waals surface area contributed by atoms with E-state index >= 15 is 0 Å². The Morgan fingerprint density at radius 1 is 0.909 bits per heavy atom. The van der Waals surface area contributed by atoms with E-state index in [1.165, 1.54) is 24.3 Å². The Labute approximate surface area is 190 Å². The Hall–Kier alpha value is -3.75. The van der Waals surface area contributed by atoms with Crippen LogP contribution in [0.5, 0.6) is 0 Å². The van der Waals surface area contributed by atoms with E-state index in [2.05, 4.69) is 31.5 Å². The topological polar surface area (TPSA) is 58.8 Å². The minimum Gasteiger partial charge on any atom is -0.463 e. The van der Waals surface area contributed by atoms with Crippen LogP contribution < -0.4 is 0 Å². The molecule has 0 saturated carbocycles. The summed E-state index contributed by atoms with van der Waals surface area (Å²) in [4.78, 5) is 13.4. The van der Waals surface area contributed by atoms with Crippen molar-refractivity contribution in [2.45, 2.75) is 6.54 Å². The number of aliphatic imine (C=N–C) groups is 1. The van der Waals surface area contributed by atoms with Crippen molar-refractivity contribution < 1.29 is 13.5 Å². The number of nitrogens with zero attached hydrogens (tertiary/aromatic N) is 6. The van der Waals surface area contributed by atoms with Gasteiger partial charge in [-0.15, -0.1) is 0 Å². The summed E-state index contributed by atoms with van der Waals surface area (Å²) in [5.41, 5.74) is 2.35. The van der Waals surface area contributed by atoms with E-state index in [9.17, 15) is 8.78 Å². The van der Waals surface area contributed by atoms with Crippen molar-refractivity contribution in [1.82, 2.24) is 24.6 Å². The Morgan fingerprint density at radius 2 is 1.55 bits per heavy atom. The van der Waals surface area contributed by atoms with Crippen LogP contribution in [0.15, 0.2) is 65.8 Å². The summed E-state index contributed by atoms with van der Waals surface area (Å²) < 4.78 is 34.2. The molecule has 0 amide bonds. The molecule has 0 aliphatic carbocycles. The van der Waals surface area contributed by atoms with Crippen molar-refractivity contribution in [2.24, 2.45) is 4.99 Å². The smallest absolute Gasteiger partial charge is 0.287 e. The number of aromatic nitrogens is 3. The van der Waals surface area contributed by atoms with Gasteiger partial charge in [-0.3, -0.25) is 0 Å². The molecule has 0 unspecified atom stereocenters. The molecule has 1 aromatic heterocycles. The Kier molecular flexibility index (Phi) is 5.77. The van der Waals surface area contributed by atoms with Gasteiger partial charge in [-0.25, -0.2) is 23.4 Å². The second-order valence-electron chi connectivity index (χ2n) is 7.98. The molecule has 3 heterocycles. The molecule has 2 aliphatic rings. The third-order valence-corrected chi connectivity index (χ3v) is 5.78. The highest BCUT2D eigenvalue weighted by Gasteiger charge is 2.24. The van der Waals surface area contributed by atoms with Crippen LogP contribution in [0.4, 0.5) is 8.78 Å². The first-order valence-electron chi connectivity index (χ1n) is 10.9. The van der Waals surface area contributed by atoms with Crippen molar-refractivity contribution in [3.63, 3.8) is 0 Å². The number of hydrogen-bond donors (Lipinski definition) is 0. The lowest BCUT2D eigenvalue weighted by Gasteiger charge is -2.37. The van der Waals surface area contributed by atoms with Crippen LogP contribution in [-0.4, -0.2) is 69.9 Å². The molecule has 2 aliphatic heterocycles. The standard InChI is InChI=1S/C24H24F2N6O/c1-17(30-11-13-31(14-12-30)24-27-10-15-33-24)16-32-23(19-4-8-21(26)9-5-19)28-22(29-32)18-2-6-20(25)7-3-18/h2-9H,1,10-16H2. The van der Waals surface area contributed by atoms with Crippen LogP contribution >= 0.6 is 0 Å². The van der Waals surface area contributed by atoms with Crippen molar-refractivity contribution in [3.05, 3.63) is 72.4 Å². The molecule has 7 nitrogen and oxygen atoms in total. The van der Waals surface area contributed by atoms with Crippen LogP contribution in [0.2, 0.25) is 0 Å². The zero-order valence-corrected chi connectivity index (χ0v) is 18.1. The van der Waals surface area contributed by atoms with Crippen LogP contribution in [0.1, 0.15) is 0 Å². The fraction of sp³-hybridized carbons (Fsp3) is 0.292. The maximum absolute atomic E-state index is 13.5. The highest BCUT2D eigenvalue weighted by atomic mass is 19.1. The van der Waals surface area contributed by atoms with Crippen LogP contribution in [0.25, 0.3) is 22.8 Å². The summed E-state index contributed by atoms with van der Waals surface area (Å²) in [5, 5.41) is 4.67. The normalized spacial score (nSPS) is 16.0. The maximum Gasteiger partial charge on any atom is 0.287 e. The number of rotatable bonds is 5. The third kappa shape index (κ3) is 4.57. The first-order valence-corrected chi connectivity index (χ1v) is 10.9. The summed E-state index contributed by atoms with van der Waals surface area (Å²) in [7, 11) is 0. The van der Waals surface area contributed by atoms with E-state index < -0.39 is 0 Å². The van der Waals surface area contributed by atoms with Gasteiger partial charge in [0.25, 0.3) is 6.02 Å². The Balaban J connectivity index is 1.36. The summed E-state index contributed by atoms with van der Waals surface area (Å²) in [5.74, 6) is 0.436. The summed E-state index contributed by atoms with van der Waals surface area (Å²) >= 11 is 0. The monoisotopic (exact) mass is 450 g/mol. The van der Waals surface area contributed by atoms with Gasteiger partial charge in [0.05, 0.1) is 13.1 Å². The van der Waals surface area contributed by atoms with Crippen LogP contribution in [0.3, 0.4) is 0 Å². The summed E-state index contributed by atoms with van der Waals surface area (Å²) in [6.45, 7) is 9.29. The first-order chi connectivity index (χ1) is 16.1. The molecule has 0 N–H and O–H groups in total. The Morgan fingerprint density at radius 3 is 2.15 bits per heavy atom. The molecular weight excluding hydrogens is 426 g/mol. The van der Waals surface area contributed by atoms with E-state index in [1.54, 1.807) is 28.9 Å². The predicted molar refractivity (Wildman–Crippen MR) is 121 cm³/mol. The maximum atomic E-state index is 13.5. The lowest BCUT2D eigenvalue weighted by atomic mass is 10.2. The fourth-order valence-electron chi connectivity index (χ4n) is 3.99. The number of benzene rings is 2. The van der Waals surface area contributed by atoms with Gasteiger partial charge < -0.3 is 14.5 Å². The molecule has 9 heteroatoms. The largest absolute Gasteiger partial charge is 0.463 e. The number of halogens is 2. The second-order valence-corrected chi connectivity index (χ2v) is 7.98. The number of allylic oxidation sites excluding steroid dienone is 1. The zero-order valence-electron chi connectivity index (χ0n) is 18.1. The summed E-state index contributed by atoms with van der Waals surface area (Å²) in [6, 6.07) is 12.9. The van der Waals surface area contributed by atoms with E-state index in [4.69, 9.17) is 4.74 Å². The van der Waals surface area contributed by atoms with E-state index in [0.717, 1.165) is 50.0 Å². The predicted octanol–water partition coefficient (Wildman–Crippen LogP) is 3.41. The average molecular weight is 450 g/mol. The molecule has 0 atom stereocenters. The SMILES string of the molecule is C=C(Cn1nc(-c2ccc(F)cc2)nc1-c1ccc(F)cc1)N1CCN(C2=NCCO2)CC1. The van der Waals surface area contributed by atoms with E-state index in [1.807, 2.05) is 0 Å². The molecule has 1 saturated heterocycles. The minimum atomic E-state index is -0.321. The van der Waals surface area contributed by atoms with Crippen molar-refractivity contribution in [3.8, 4) is 22.8 Å². The fourth-order valence-corrected chi connectivity index (χ4v) is 3.99. The number of amidine groups is 1. The molecule has 0 bridgehead atoms. The lowest BCUT2D eigenvalue weighted by molar-refractivity contribution is 0.179. The van der Waals surface area contributed by atoms with Gasteiger partial charge in [0.15, 0.2) is 11.6 Å². The summed E-state index contributed by atoms with van der Waals surface area (Å²) in [6.07, 6.45) is 0. The molecule has 5 rings (SSSR count). The average Bonchev–Trinajstić information content (AvgIpc) is 3.51. The van der Waals surface area contributed by atoms with Gasteiger partial charge in [0.1, 0.15) is 18.2 Å². The van der Waals surface area contributed by atoms with Crippen molar-refractivity contribution in [1.29, 1.82) is 0 Å². The Bertz CT molecular complexity index is 1160. The minimum absolute atomic E-state index is 0.318. The lowest BCUT2D eigenvalue weighted by Crippen LogP contribution is -2.48. The molecule has 170 valence electrons. The first kappa shape index (κ1) is 21.1.